The number of hydrogen-bond acceptors (Lipinski definition) is 5. The lowest BCUT2D eigenvalue weighted by molar-refractivity contribution is -0.135. The maximum atomic E-state index is 13.1. The third-order valence-electron chi connectivity index (χ3n) is 5.10. The highest BCUT2D eigenvalue weighted by molar-refractivity contribution is 5.90. The molecule has 1 aromatic carbocycles. The first kappa shape index (κ1) is 21.0. The standard InChI is InChI=1S/C20H31N3O4/c1-7-23-18(24)13-15(20(25)22(4)11-10-21(2)3)19(23)14-8-9-16(26-5)17(12-14)27-6/h8-9,12,15,19H,7,10-11,13H2,1-6H3/t15-,19+/m1/s1. The summed E-state index contributed by atoms with van der Waals surface area (Å²) in [6.07, 6.45) is 0.234. The molecular weight excluding hydrogens is 346 g/mol. The number of carbonyl (C=O) groups is 2. The first-order chi connectivity index (χ1) is 12.8. The van der Waals surface area contributed by atoms with Crippen LogP contribution in [0.15, 0.2) is 18.2 Å². The zero-order valence-electron chi connectivity index (χ0n) is 17.2. The van der Waals surface area contributed by atoms with Gasteiger partial charge in [-0.1, -0.05) is 6.07 Å². The molecule has 27 heavy (non-hydrogen) atoms. The van der Waals surface area contributed by atoms with E-state index in [1.54, 1.807) is 31.1 Å². The number of amides is 2. The molecule has 0 unspecified atom stereocenters. The van der Waals surface area contributed by atoms with Crippen molar-refractivity contribution in [2.24, 2.45) is 5.92 Å². The summed E-state index contributed by atoms with van der Waals surface area (Å²) in [4.78, 5) is 31.2. The normalized spacial score (nSPS) is 19.5. The number of rotatable bonds is 8. The van der Waals surface area contributed by atoms with Gasteiger partial charge in [0, 0.05) is 33.1 Å². The summed E-state index contributed by atoms with van der Waals surface area (Å²) in [6.45, 7) is 3.90. The van der Waals surface area contributed by atoms with E-state index < -0.39 is 5.92 Å². The number of hydrogen-bond donors (Lipinski definition) is 0. The highest BCUT2D eigenvalue weighted by atomic mass is 16.5. The van der Waals surface area contributed by atoms with Crippen LogP contribution in [0, 0.1) is 5.92 Å². The van der Waals surface area contributed by atoms with Crippen molar-refractivity contribution in [1.29, 1.82) is 0 Å². The minimum Gasteiger partial charge on any atom is -0.493 e. The Morgan fingerprint density at radius 1 is 1.15 bits per heavy atom. The summed E-state index contributed by atoms with van der Waals surface area (Å²) in [6, 6.07) is 5.30. The summed E-state index contributed by atoms with van der Waals surface area (Å²) in [5.41, 5.74) is 0.889. The third kappa shape index (κ3) is 4.53. The van der Waals surface area contributed by atoms with Gasteiger partial charge in [-0.2, -0.15) is 0 Å². The van der Waals surface area contributed by atoms with Gasteiger partial charge in [0.2, 0.25) is 11.8 Å². The van der Waals surface area contributed by atoms with Crippen LogP contribution in [-0.4, -0.2) is 81.5 Å². The van der Waals surface area contributed by atoms with E-state index in [0.29, 0.717) is 24.6 Å². The van der Waals surface area contributed by atoms with Gasteiger partial charge in [0.1, 0.15) is 0 Å². The molecule has 0 bridgehead atoms. The van der Waals surface area contributed by atoms with Crippen molar-refractivity contribution in [2.45, 2.75) is 19.4 Å². The number of carbonyl (C=O) groups excluding carboxylic acids is 2. The molecule has 2 rings (SSSR count). The van der Waals surface area contributed by atoms with Gasteiger partial charge in [-0.25, -0.2) is 0 Å². The summed E-state index contributed by atoms with van der Waals surface area (Å²) in [5, 5.41) is 0. The molecule has 2 atom stereocenters. The number of likely N-dealkylation sites (N-methyl/N-ethyl adjacent to an activating group) is 2. The second-order valence-electron chi connectivity index (χ2n) is 7.11. The van der Waals surface area contributed by atoms with Crippen molar-refractivity contribution >= 4 is 11.8 Å². The van der Waals surface area contributed by atoms with E-state index in [9.17, 15) is 9.59 Å². The fourth-order valence-electron chi connectivity index (χ4n) is 3.58. The molecule has 150 valence electrons. The first-order valence-corrected chi connectivity index (χ1v) is 9.25. The zero-order chi connectivity index (χ0) is 20.1. The summed E-state index contributed by atoms with van der Waals surface area (Å²) in [7, 11) is 8.92. The molecule has 1 fully saturated rings. The van der Waals surface area contributed by atoms with Crippen molar-refractivity contribution in [3.8, 4) is 11.5 Å². The molecule has 7 heteroatoms. The van der Waals surface area contributed by atoms with Crippen LogP contribution in [0.25, 0.3) is 0 Å². The lowest BCUT2D eigenvalue weighted by Gasteiger charge is -2.30. The Kier molecular flexibility index (Phi) is 7.07. The fourth-order valence-corrected chi connectivity index (χ4v) is 3.58. The molecule has 0 spiro atoms. The van der Waals surface area contributed by atoms with Crippen molar-refractivity contribution in [2.75, 3.05) is 55.0 Å². The molecule has 1 aliphatic rings. The van der Waals surface area contributed by atoms with Gasteiger partial charge in [-0.05, 0) is 38.7 Å². The minimum atomic E-state index is -0.400. The minimum absolute atomic E-state index is 0.000866. The van der Waals surface area contributed by atoms with Gasteiger partial charge in [-0.3, -0.25) is 9.59 Å². The average molecular weight is 377 g/mol. The monoisotopic (exact) mass is 377 g/mol. The van der Waals surface area contributed by atoms with Crippen LogP contribution in [0.1, 0.15) is 24.9 Å². The molecule has 1 heterocycles. The molecule has 0 aliphatic carbocycles. The van der Waals surface area contributed by atoms with Crippen LogP contribution in [0.4, 0.5) is 0 Å². The SMILES string of the molecule is CCN1C(=O)C[C@@H](C(=O)N(C)CCN(C)C)[C@@H]1c1ccc(OC)c(OC)c1. The van der Waals surface area contributed by atoms with Crippen LogP contribution in [0.2, 0.25) is 0 Å². The van der Waals surface area contributed by atoms with Crippen molar-refractivity contribution in [3.05, 3.63) is 23.8 Å². The Morgan fingerprint density at radius 3 is 2.37 bits per heavy atom. The van der Waals surface area contributed by atoms with E-state index in [0.717, 1.165) is 12.1 Å². The number of methoxy groups -OCH3 is 2. The zero-order valence-corrected chi connectivity index (χ0v) is 17.2. The second kappa shape index (κ2) is 9.08. The molecule has 0 saturated carbocycles. The van der Waals surface area contributed by atoms with Crippen LogP contribution in [-0.2, 0) is 9.59 Å². The Balaban J connectivity index is 2.34. The van der Waals surface area contributed by atoms with Crippen LogP contribution in [0.3, 0.4) is 0 Å². The molecule has 0 aromatic heterocycles. The van der Waals surface area contributed by atoms with Gasteiger partial charge in [0.05, 0.1) is 26.2 Å². The summed E-state index contributed by atoms with van der Waals surface area (Å²) in [5.74, 6) is 0.831. The van der Waals surface area contributed by atoms with E-state index >= 15 is 0 Å². The van der Waals surface area contributed by atoms with E-state index in [4.69, 9.17) is 9.47 Å². The predicted octanol–water partition coefficient (Wildman–Crippen LogP) is 1.63. The number of nitrogens with zero attached hydrogens (tertiary/aromatic N) is 3. The van der Waals surface area contributed by atoms with E-state index in [2.05, 4.69) is 0 Å². The second-order valence-corrected chi connectivity index (χ2v) is 7.11. The molecule has 1 saturated heterocycles. The van der Waals surface area contributed by atoms with Crippen LogP contribution in [0.5, 0.6) is 11.5 Å². The molecule has 0 N–H and O–H groups in total. The van der Waals surface area contributed by atoms with Crippen molar-refractivity contribution < 1.29 is 19.1 Å². The average Bonchev–Trinajstić information content (AvgIpc) is 3.00. The topological polar surface area (TPSA) is 62.3 Å². The lowest BCUT2D eigenvalue weighted by atomic mass is 9.92. The fraction of sp³-hybridized carbons (Fsp3) is 0.600. The quantitative estimate of drug-likeness (QED) is 0.689. The summed E-state index contributed by atoms with van der Waals surface area (Å²) < 4.78 is 10.7. The van der Waals surface area contributed by atoms with Gasteiger partial charge >= 0.3 is 0 Å². The van der Waals surface area contributed by atoms with Crippen LogP contribution < -0.4 is 9.47 Å². The van der Waals surface area contributed by atoms with E-state index in [1.807, 2.05) is 44.1 Å². The maximum Gasteiger partial charge on any atom is 0.228 e. The van der Waals surface area contributed by atoms with E-state index in [-0.39, 0.29) is 24.3 Å². The maximum absolute atomic E-state index is 13.1. The third-order valence-corrected chi connectivity index (χ3v) is 5.10. The Hall–Kier alpha value is -2.28. The smallest absolute Gasteiger partial charge is 0.228 e. The first-order valence-electron chi connectivity index (χ1n) is 9.25. The molecule has 1 aliphatic heterocycles. The van der Waals surface area contributed by atoms with Crippen molar-refractivity contribution in [1.82, 2.24) is 14.7 Å². The largest absolute Gasteiger partial charge is 0.493 e. The molecule has 0 radical (unpaired) electrons. The molecular formula is C20H31N3O4. The number of ether oxygens (including phenoxy) is 2. The molecule has 2 amide bonds. The lowest BCUT2D eigenvalue weighted by Crippen LogP contribution is -2.39. The highest BCUT2D eigenvalue weighted by Crippen LogP contribution is 2.41. The van der Waals surface area contributed by atoms with Crippen molar-refractivity contribution in [3.63, 3.8) is 0 Å². The Bertz CT molecular complexity index is 677. The van der Waals surface area contributed by atoms with Gasteiger partial charge < -0.3 is 24.2 Å². The number of benzene rings is 1. The van der Waals surface area contributed by atoms with Gasteiger partial charge in [0.15, 0.2) is 11.5 Å². The Morgan fingerprint density at radius 2 is 1.81 bits per heavy atom. The molecule has 7 nitrogen and oxygen atoms in total. The summed E-state index contributed by atoms with van der Waals surface area (Å²) >= 11 is 0. The van der Waals surface area contributed by atoms with Gasteiger partial charge in [0.25, 0.3) is 0 Å². The Labute approximate surface area is 161 Å². The molecule has 1 aromatic rings. The van der Waals surface area contributed by atoms with Crippen LogP contribution >= 0.6 is 0 Å². The number of likely N-dealkylation sites (tertiary alicyclic amines) is 1. The highest BCUT2D eigenvalue weighted by Gasteiger charge is 2.44. The van der Waals surface area contributed by atoms with E-state index in [1.165, 1.54) is 0 Å². The predicted molar refractivity (Wildman–Crippen MR) is 104 cm³/mol. The van der Waals surface area contributed by atoms with Gasteiger partial charge in [-0.15, -0.1) is 0 Å².